The van der Waals surface area contributed by atoms with Crippen molar-refractivity contribution in [3.8, 4) is 0 Å². The van der Waals surface area contributed by atoms with E-state index in [0.29, 0.717) is 5.56 Å². The van der Waals surface area contributed by atoms with Gasteiger partial charge in [0.15, 0.2) is 0 Å². The van der Waals surface area contributed by atoms with Gasteiger partial charge in [0, 0.05) is 5.56 Å². The van der Waals surface area contributed by atoms with Gasteiger partial charge in [0.1, 0.15) is 0 Å². The molecule has 3 heteroatoms. The van der Waals surface area contributed by atoms with Crippen LogP contribution in [-0.2, 0) is 0 Å². The fourth-order valence-electron chi connectivity index (χ4n) is 2.04. The molecule has 0 saturated heterocycles. The fourth-order valence-corrected chi connectivity index (χ4v) is 2.04. The fraction of sp³-hybridized carbons (Fsp3) is 0.222. The molecule has 2 aromatic carbocycles. The van der Waals surface area contributed by atoms with E-state index in [1.165, 1.54) is 5.56 Å². The van der Waals surface area contributed by atoms with Crippen LogP contribution in [0.4, 0.5) is 0 Å². The van der Waals surface area contributed by atoms with Gasteiger partial charge in [0.05, 0.1) is 5.71 Å². The third-order valence-electron chi connectivity index (χ3n) is 3.50. The Morgan fingerprint density at radius 3 is 2.33 bits per heavy atom. The van der Waals surface area contributed by atoms with Crippen LogP contribution in [0.15, 0.2) is 53.6 Å². The average molecular weight is 280 g/mol. The summed E-state index contributed by atoms with van der Waals surface area (Å²) in [7, 11) is 0. The third kappa shape index (κ3) is 3.78. The molecule has 0 heterocycles. The molecule has 0 aliphatic carbocycles. The molecule has 0 radical (unpaired) electrons. The number of benzene rings is 2. The zero-order chi connectivity index (χ0) is 15.2. The summed E-state index contributed by atoms with van der Waals surface area (Å²) >= 11 is 0. The molecule has 2 aromatic rings. The van der Waals surface area contributed by atoms with Crippen LogP contribution in [0.3, 0.4) is 0 Å². The lowest BCUT2D eigenvalue weighted by atomic mass is 10.1. The van der Waals surface area contributed by atoms with Gasteiger partial charge >= 0.3 is 0 Å². The summed E-state index contributed by atoms with van der Waals surface area (Å²) in [6, 6.07) is 15.5. The highest BCUT2D eigenvalue weighted by molar-refractivity contribution is 6.02. The summed E-state index contributed by atoms with van der Waals surface area (Å²) in [5, 5.41) is 4.26. The highest BCUT2D eigenvalue weighted by Gasteiger charge is 2.07. The molecule has 0 atom stereocenters. The van der Waals surface area contributed by atoms with Crippen molar-refractivity contribution in [3.63, 3.8) is 0 Å². The van der Waals surface area contributed by atoms with E-state index in [1.807, 2.05) is 69.3 Å². The third-order valence-corrected chi connectivity index (χ3v) is 3.50. The highest BCUT2D eigenvalue weighted by Crippen LogP contribution is 2.10. The van der Waals surface area contributed by atoms with E-state index in [2.05, 4.69) is 10.5 Å². The molecule has 0 bridgehead atoms. The second kappa shape index (κ2) is 6.84. The second-order valence-corrected chi connectivity index (χ2v) is 5.02. The molecule has 1 amide bonds. The number of nitrogens with zero attached hydrogens (tertiary/aromatic N) is 1. The topological polar surface area (TPSA) is 41.5 Å². The van der Waals surface area contributed by atoms with Crippen LogP contribution in [0.25, 0.3) is 0 Å². The van der Waals surface area contributed by atoms with Crippen molar-refractivity contribution in [1.29, 1.82) is 0 Å². The van der Waals surface area contributed by atoms with Crippen LogP contribution in [-0.4, -0.2) is 11.6 Å². The van der Waals surface area contributed by atoms with Gasteiger partial charge in [0.2, 0.25) is 0 Å². The van der Waals surface area contributed by atoms with Crippen molar-refractivity contribution >= 4 is 11.6 Å². The average Bonchev–Trinajstić information content (AvgIpc) is 2.51. The van der Waals surface area contributed by atoms with Crippen molar-refractivity contribution in [1.82, 2.24) is 5.43 Å². The number of carbonyl (C=O) groups excluding carboxylic acids is 1. The second-order valence-electron chi connectivity index (χ2n) is 5.02. The van der Waals surface area contributed by atoms with E-state index in [9.17, 15) is 4.79 Å². The van der Waals surface area contributed by atoms with Crippen molar-refractivity contribution in [2.45, 2.75) is 27.2 Å². The Hall–Kier alpha value is -2.42. The first-order valence-electron chi connectivity index (χ1n) is 7.11. The standard InChI is InChI=1S/C18H20N2O/c1-4-17(15-8-6-5-7-9-15)19-20-18(21)16-11-10-13(2)14(3)12-16/h5-12H,4H2,1-3H3,(H,20,21). The van der Waals surface area contributed by atoms with Gasteiger partial charge in [-0.25, -0.2) is 5.43 Å². The molecule has 108 valence electrons. The number of nitrogens with one attached hydrogen (secondary N) is 1. The number of hydrazone groups is 1. The minimum atomic E-state index is -0.181. The van der Waals surface area contributed by atoms with E-state index in [4.69, 9.17) is 0 Å². The van der Waals surface area contributed by atoms with Crippen molar-refractivity contribution < 1.29 is 4.79 Å². The summed E-state index contributed by atoms with van der Waals surface area (Å²) in [4.78, 5) is 12.1. The van der Waals surface area contributed by atoms with Crippen molar-refractivity contribution in [3.05, 3.63) is 70.8 Å². The van der Waals surface area contributed by atoms with E-state index in [-0.39, 0.29) is 5.91 Å². The van der Waals surface area contributed by atoms with Crippen LogP contribution in [0.5, 0.6) is 0 Å². The molecule has 0 fully saturated rings. The molecular formula is C18H20N2O. The normalized spacial score (nSPS) is 11.3. The molecular weight excluding hydrogens is 260 g/mol. The number of amides is 1. The van der Waals surface area contributed by atoms with Crippen LogP contribution >= 0.6 is 0 Å². The Kier molecular flexibility index (Phi) is 4.88. The Bertz CT molecular complexity index is 660. The molecule has 2 rings (SSSR count). The van der Waals surface area contributed by atoms with E-state index in [0.717, 1.165) is 23.3 Å². The zero-order valence-electron chi connectivity index (χ0n) is 12.7. The summed E-state index contributed by atoms with van der Waals surface area (Å²) < 4.78 is 0. The molecule has 0 aromatic heterocycles. The first kappa shape index (κ1) is 15.0. The molecule has 3 nitrogen and oxygen atoms in total. The molecule has 0 saturated carbocycles. The Morgan fingerprint density at radius 1 is 1.00 bits per heavy atom. The summed E-state index contributed by atoms with van der Waals surface area (Å²) in [6.45, 7) is 6.05. The number of hydrogen-bond acceptors (Lipinski definition) is 2. The maximum Gasteiger partial charge on any atom is 0.271 e. The van der Waals surface area contributed by atoms with Gasteiger partial charge in [-0.1, -0.05) is 43.3 Å². The number of rotatable bonds is 4. The molecule has 0 spiro atoms. The van der Waals surface area contributed by atoms with Gasteiger partial charge in [-0.05, 0) is 49.1 Å². The lowest BCUT2D eigenvalue weighted by Crippen LogP contribution is -2.20. The minimum absolute atomic E-state index is 0.181. The molecule has 0 aliphatic rings. The quantitative estimate of drug-likeness (QED) is 0.671. The first-order chi connectivity index (χ1) is 10.1. The summed E-state index contributed by atoms with van der Waals surface area (Å²) in [5.74, 6) is -0.181. The molecule has 0 aliphatic heterocycles. The minimum Gasteiger partial charge on any atom is -0.267 e. The number of hydrogen-bond donors (Lipinski definition) is 1. The highest BCUT2D eigenvalue weighted by atomic mass is 16.2. The van der Waals surface area contributed by atoms with Crippen LogP contribution < -0.4 is 5.43 Å². The van der Waals surface area contributed by atoms with E-state index < -0.39 is 0 Å². The smallest absolute Gasteiger partial charge is 0.267 e. The predicted molar refractivity (Wildman–Crippen MR) is 86.7 cm³/mol. The van der Waals surface area contributed by atoms with Crippen LogP contribution in [0.1, 0.15) is 40.4 Å². The molecule has 0 unspecified atom stereocenters. The van der Waals surface area contributed by atoms with Crippen LogP contribution in [0.2, 0.25) is 0 Å². The van der Waals surface area contributed by atoms with E-state index >= 15 is 0 Å². The number of aryl methyl sites for hydroxylation is 2. The summed E-state index contributed by atoms with van der Waals surface area (Å²) in [6.07, 6.45) is 0.761. The summed E-state index contributed by atoms with van der Waals surface area (Å²) in [5.41, 5.74) is 7.45. The zero-order valence-corrected chi connectivity index (χ0v) is 12.7. The maximum absolute atomic E-state index is 12.1. The van der Waals surface area contributed by atoms with Gasteiger partial charge in [-0.2, -0.15) is 5.10 Å². The monoisotopic (exact) mass is 280 g/mol. The van der Waals surface area contributed by atoms with Gasteiger partial charge < -0.3 is 0 Å². The SMILES string of the molecule is CCC(=NNC(=O)c1ccc(C)c(C)c1)c1ccccc1. The molecule has 21 heavy (non-hydrogen) atoms. The Morgan fingerprint density at radius 2 is 1.71 bits per heavy atom. The lowest BCUT2D eigenvalue weighted by Gasteiger charge is -2.06. The van der Waals surface area contributed by atoms with Gasteiger partial charge in [0.25, 0.3) is 5.91 Å². The Labute approximate surface area is 125 Å². The maximum atomic E-state index is 12.1. The lowest BCUT2D eigenvalue weighted by molar-refractivity contribution is 0.0954. The largest absolute Gasteiger partial charge is 0.271 e. The van der Waals surface area contributed by atoms with Crippen molar-refractivity contribution in [2.24, 2.45) is 5.10 Å². The number of carbonyl (C=O) groups is 1. The van der Waals surface area contributed by atoms with E-state index in [1.54, 1.807) is 0 Å². The first-order valence-corrected chi connectivity index (χ1v) is 7.11. The Balaban J connectivity index is 2.15. The van der Waals surface area contributed by atoms with Gasteiger partial charge in [-0.3, -0.25) is 4.79 Å². The van der Waals surface area contributed by atoms with Crippen molar-refractivity contribution in [2.75, 3.05) is 0 Å². The predicted octanol–water partition coefficient (Wildman–Crippen LogP) is 3.85. The van der Waals surface area contributed by atoms with Gasteiger partial charge in [-0.15, -0.1) is 0 Å². The van der Waals surface area contributed by atoms with Crippen LogP contribution in [0, 0.1) is 13.8 Å². The molecule has 1 N–H and O–H groups in total.